The van der Waals surface area contributed by atoms with Crippen molar-refractivity contribution in [2.45, 2.75) is 24.8 Å². The minimum absolute atomic E-state index is 0.478. The van der Waals surface area contributed by atoms with Gasteiger partial charge in [-0.1, -0.05) is 0 Å². The Labute approximate surface area is 97.1 Å². The van der Waals surface area contributed by atoms with Crippen LogP contribution in [0.3, 0.4) is 0 Å². The van der Waals surface area contributed by atoms with E-state index in [4.69, 9.17) is 10.8 Å². The van der Waals surface area contributed by atoms with Crippen LogP contribution in [0.15, 0.2) is 18.3 Å². The minimum Gasteiger partial charge on any atom is -0.480 e. The Hall–Kier alpha value is -1.95. The van der Waals surface area contributed by atoms with Gasteiger partial charge in [0.25, 0.3) is 0 Å². The first-order chi connectivity index (χ1) is 8.15. The lowest BCUT2D eigenvalue weighted by Gasteiger charge is -2.05. The molecule has 0 radical (unpaired) electrons. The van der Waals surface area contributed by atoms with E-state index in [0.717, 1.165) is 18.7 Å². The third-order valence-corrected chi connectivity index (χ3v) is 2.95. The van der Waals surface area contributed by atoms with Crippen LogP contribution in [-0.4, -0.2) is 25.7 Å². The fraction of sp³-hybridized carbons (Fsp3) is 0.364. The Kier molecular flexibility index (Phi) is 2.12. The van der Waals surface area contributed by atoms with Crippen molar-refractivity contribution in [2.75, 3.05) is 0 Å². The van der Waals surface area contributed by atoms with Crippen molar-refractivity contribution >= 4 is 11.6 Å². The van der Waals surface area contributed by atoms with Crippen molar-refractivity contribution in [1.82, 2.24) is 14.6 Å². The van der Waals surface area contributed by atoms with Gasteiger partial charge in [0.2, 0.25) is 0 Å². The van der Waals surface area contributed by atoms with Gasteiger partial charge in [0, 0.05) is 12.1 Å². The third kappa shape index (κ3) is 1.76. The molecule has 6 heteroatoms. The molecule has 2 aromatic rings. The first-order valence-electron chi connectivity index (χ1n) is 5.50. The van der Waals surface area contributed by atoms with E-state index in [9.17, 15) is 4.79 Å². The summed E-state index contributed by atoms with van der Waals surface area (Å²) in [5, 5.41) is 13.2. The van der Waals surface area contributed by atoms with Gasteiger partial charge in [-0.3, -0.25) is 4.79 Å². The van der Waals surface area contributed by atoms with Crippen LogP contribution in [0.1, 0.15) is 36.2 Å². The molecule has 1 saturated carbocycles. The van der Waals surface area contributed by atoms with Gasteiger partial charge in [0.15, 0.2) is 11.5 Å². The van der Waals surface area contributed by atoms with Crippen LogP contribution in [-0.2, 0) is 4.79 Å². The smallest absolute Gasteiger partial charge is 0.325 e. The van der Waals surface area contributed by atoms with Gasteiger partial charge in [-0.15, -0.1) is 0 Å². The van der Waals surface area contributed by atoms with Crippen LogP contribution >= 0.6 is 0 Å². The molecule has 0 aliphatic heterocycles. The summed E-state index contributed by atoms with van der Waals surface area (Å²) < 4.78 is 1.66. The standard InChI is InChI=1S/C11H12N4O2/c12-9(11(16)17)7-3-4-15-8(5-7)13-10(14-15)6-1-2-6/h3-6,9H,1-2,12H2,(H,16,17). The summed E-state index contributed by atoms with van der Waals surface area (Å²) in [6.07, 6.45) is 3.98. The zero-order valence-electron chi connectivity index (χ0n) is 9.08. The van der Waals surface area contributed by atoms with Gasteiger partial charge in [-0.05, 0) is 30.5 Å². The van der Waals surface area contributed by atoms with Gasteiger partial charge in [-0.2, -0.15) is 5.10 Å². The lowest BCUT2D eigenvalue weighted by molar-refractivity contribution is -0.138. The first-order valence-corrected chi connectivity index (χ1v) is 5.50. The molecule has 88 valence electrons. The molecule has 0 aromatic carbocycles. The molecule has 3 N–H and O–H groups in total. The van der Waals surface area contributed by atoms with Crippen molar-refractivity contribution in [3.05, 3.63) is 29.7 Å². The van der Waals surface area contributed by atoms with E-state index >= 15 is 0 Å². The third-order valence-electron chi connectivity index (χ3n) is 2.95. The summed E-state index contributed by atoms with van der Waals surface area (Å²) in [6, 6.07) is 2.33. The molecule has 1 unspecified atom stereocenters. The van der Waals surface area contributed by atoms with Crippen molar-refractivity contribution < 1.29 is 9.90 Å². The van der Waals surface area contributed by atoms with Gasteiger partial charge < -0.3 is 10.8 Å². The Morgan fingerprint density at radius 3 is 3.00 bits per heavy atom. The zero-order chi connectivity index (χ0) is 12.0. The summed E-state index contributed by atoms with van der Waals surface area (Å²) in [7, 11) is 0. The molecule has 2 aromatic heterocycles. The topological polar surface area (TPSA) is 93.5 Å². The summed E-state index contributed by atoms with van der Waals surface area (Å²) >= 11 is 0. The predicted molar refractivity (Wildman–Crippen MR) is 59.5 cm³/mol. The highest BCUT2D eigenvalue weighted by Gasteiger charge is 2.28. The minimum atomic E-state index is -1.05. The maximum Gasteiger partial charge on any atom is 0.325 e. The molecule has 0 bridgehead atoms. The predicted octanol–water partition coefficient (Wildman–Crippen LogP) is 0.691. The van der Waals surface area contributed by atoms with Crippen LogP contribution in [0.4, 0.5) is 0 Å². The van der Waals surface area contributed by atoms with Crippen molar-refractivity contribution in [3.63, 3.8) is 0 Å². The molecule has 1 aliphatic carbocycles. The zero-order valence-corrected chi connectivity index (χ0v) is 9.08. The average Bonchev–Trinajstić information content (AvgIpc) is 3.07. The number of aromatic nitrogens is 3. The quantitative estimate of drug-likeness (QED) is 0.812. The Bertz CT molecular complexity index is 588. The van der Waals surface area contributed by atoms with Crippen LogP contribution < -0.4 is 5.73 Å². The van der Waals surface area contributed by atoms with Gasteiger partial charge in [-0.25, -0.2) is 9.50 Å². The Morgan fingerprint density at radius 2 is 2.35 bits per heavy atom. The number of carboxylic acids is 1. The van der Waals surface area contributed by atoms with Crippen molar-refractivity contribution in [3.8, 4) is 0 Å². The largest absolute Gasteiger partial charge is 0.480 e. The lowest BCUT2D eigenvalue weighted by Crippen LogP contribution is -2.20. The van der Waals surface area contributed by atoms with E-state index in [0.29, 0.717) is 17.1 Å². The van der Waals surface area contributed by atoms with Crippen LogP contribution in [0.25, 0.3) is 5.65 Å². The van der Waals surface area contributed by atoms with Crippen LogP contribution in [0.2, 0.25) is 0 Å². The van der Waals surface area contributed by atoms with Gasteiger partial charge >= 0.3 is 5.97 Å². The second kappa shape index (κ2) is 3.53. The lowest BCUT2D eigenvalue weighted by atomic mass is 10.1. The molecule has 6 nitrogen and oxygen atoms in total. The first kappa shape index (κ1) is 10.2. The van der Waals surface area contributed by atoms with E-state index < -0.39 is 12.0 Å². The molecule has 1 atom stereocenters. The van der Waals surface area contributed by atoms with Crippen molar-refractivity contribution in [2.24, 2.45) is 5.73 Å². The molecule has 0 spiro atoms. The van der Waals surface area contributed by atoms with Gasteiger partial charge in [0.05, 0.1) is 0 Å². The molecule has 0 amide bonds. The molecule has 17 heavy (non-hydrogen) atoms. The average molecular weight is 232 g/mol. The van der Waals surface area contributed by atoms with Crippen molar-refractivity contribution in [1.29, 1.82) is 0 Å². The monoisotopic (exact) mass is 232 g/mol. The molecule has 0 saturated heterocycles. The number of carboxylic acid groups (broad SMARTS) is 1. The fourth-order valence-corrected chi connectivity index (χ4v) is 1.77. The second-order valence-electron chi connectivity index (χ2n) is 4.32. The summed E-state index contributed by atoms with van der Waals surface area (Å²) in [4.78, 5) is 15.2. The number of hydrogen-bond acceptors (Lipinski definition) is 4. The SMILES string of the molecule is NC(C(=O)O)c1ccn2nc(C3CC3)nc2c1. The maximum atomic E-state index is 10.8. The van der Waals surface area contributed by atoms with Crippen LogP contribution in [0.5, 0.6) is 0 Å². The molecule has 3 rings (SSSR count). The maximum absolute atomic E-state index is 10.8. The second-order valence-corrected chi connectivity index (χ2v) is 4.32. The highest BCUT2D eigenvalue weighted by molar-refractivity contribution is 5.75. The number of nitrogens with two attached hydrogens (primary N) is 1. The summed E-state index contributed by atoms with van der Waals surface area (Å²) in [5.74, 6) is 0.272. The Morgan fingerprint density at radius 1 is 1.59 bits per heavy atom. The highest BCUT2D eigenvalue weighted by atomic mass is 16.4. The Balaban J connectivity index is 2.02. The number of carbonyl (C=O) groups is 1. The number of pyridine rings is 1. The number of nitrogens with zero attached hydrogens (tertiary/aromatic N) is 3. The molecular weight excluding hydrogens is 220 g/mol. The molecule has 1 aliphatic rings. The van der Waals surface area contributed by atoms with E-state index in [2.05, 4.69) is 10.1 Å². The fourth-order valence-electron chi connectivity index (χ4n) is 1.77. The van der Waals surface area contributed by atoms with Gasteiger partial charge in [0.1, 0.15) is 6.04 Å². The van der Waals surface area contributed by atoms with E-state index in [-0.39, 0.29) is 0 Å². The number of fused-ring (bicyclic) bond motifs is 1. The van der Waals surface area contributed by atoms with E-state index in [1.807, 2.05) is 0 Å². The number of rotatable bonds is 3. The number of hydrogen-bond donors (Lipinski definition) is 2. The normalized spacial score (nSPS) is 17.2. The van der Waals surface area contributed by atoms with E-state index in [1.54, 1.807) is 22.8 Å². The summed E-state index contributed by atoms with van der Waals surface area (Å²) in [6.45, 7) is 0. The van der Waals surface area contributed by atoms with Crippen LogP contribution in [0, 0.1) is 0 Å². The van der Waals surface area contributed by atoms with E-state index in [1.165, 1.54) is 0 Å². The molecule has 2 heterocycles. The number of aliphatic carboxylic acids is 1. The highest BCUT2D eigenvalue weighted by Crippen LogP contribution is 2.38. The molecule has 1 fully saturated rings. The molecular formula is C11H12N4O2. The summed E-state index contributed by atoms with van der Waals surface area (Å²) in [5.41, 5.74) is 6.75.